The van der Waals surface area contributed by atoms with E-state index in [1.165, 1.54) is 24.3 Å². The summed E-state index contributed by atoms with van der Waals surface area (Å²) in [7, 11) is 1.68. The number of fused-ring (bicyclic) bond motifs is 2. The summed E-state index contributed by atoms with van der Waals surface area (Å²) in [5.74, 6) is 0.657. The van der Waals surface area contributed by atoms with Crippen molar-refractivity contribution in [2.75, 3.05) is 13.7 Å². The number of hydrogen-bond acceptors (Lipinski definition) is 7. The van der Waals surface area contributed by atoms with Crippen molar-refractivity contribution in [2.24, 2.45) is 22.4 Å². The fraction of sp³-hybridized carbons (Fsp3) is 0.621. The molecule has 1 N–H and O–H groups in total. The zero-order valence-corrected chi connectivity index (χ0v) is 21.3. The molecule has 1 aromatic rings. The highest BCUT2D eigenvalue weighted by atomic mass is 16.6. The van der Waals surface area contributed by atoms with Crippen LogP contribution in [0.5, 0.6) is 0 Å². The summed E-state index contributed by atoms with van der Waals surface area (Å²) in [6.45, 7) is 4.17. The van der Waals surface area contributed by atoms with Crippen molar-refractivity contribution in [3.63, 3.8) is 0 Å². The summed E-state index contributed by atoms with van der Waals surface area (Å²) in [5, 5.41) is 12.1. The maximum Gasteiger partial charge on any atom is 0.303 e. The molecule has 1 saturated heterocycles. The smallest absolute Gasteiger partial charge is 0.303 e. The molecule has 0 bridgehead atoms. The standard InChI is InChI=1S/C29H35NO6/c1-18(31)35-27(17-34-3)12-11-23-24-9-8-21-14-22(32)10-13-28(21)29(24,36-28)25(15-26(23,27)2)20-6-4-19(5-7-20)16-30-33/h4-7,14,16,23-25,33H,8-13,15,17H2,1-3H3/b30-16+/t23-,24-,25+,26-,27+,28-,29-/m0/s1. The van der Waals surface area contributed by atoms with E-state index in [2.05, 4.69) is 24.2 Å². The van der Waals surface area contributed by atoms with Crippen LogP contribution in [-0.2, 0) is 23.8 Å². The Hall–Kier alpha value is -2.51. The van der Waals surface area contributed by atoms with Crippen molar-refractivity contribution in [3.05, 3.63) is 47.0 Å². The number of nitrogens with zero attached hydrogens (tertiary/aromatic N) is 1. The van der Waals surface area contributed by atoms with Gasteiger partial charge in [0.2, 0.25) is 0 Å². The number of hydrogen-bond donors (Lipinski definition) is 1. The molecule has 0 unspecified atom stereocenters. The highest BCUT2D eigenvalue weighted by Gasteiger charge is 2.84. The molecule has 1 heterocycles. The highest BCUT2D eigenvalue weighted by Crippen LogP contribution is 2.79. The van der Waals surface area contributed by atoms with Gasteiger partial charge < -0.3 is 19.4 Å². The number of ether oxygens (including phenoxy) is 3. The first-order chi connectivity index (χ1) is 17.2. The van der Waals surface area contributed by atoms with Crippen molar-refractivity contribution in [1.29, 1.82) is 0 Å². The van der Waals surface area contributed by atoms with Crippen LogP contribution in [0.1, 0.15) is 75.8 Å². The van der Waals surface area contributed by atoms with Gasteiger partial charge in [-0.2, -0.15) is 0 Å². The van der Waals surface area contributed by atoms with Crippen molar-refractivity contribution in [1.82, 2.24) is 0 Å². The number of oxime groups is 1. The fourth-order valence-electron chi connectivity index (χ4n) is 9.03. The minimum absolute atomic E-state index is 0.0747. The number of carbonyl (C=O) groups excluding carboxylic acids is 2. The summed E-state index contributed by atoms with van der Waals surface area (Å²) in [4.78, 5) is 24.7. The maximum atomic E-state index is 12.4. The van der Waals surface area contributed by atoms with E-state index in [9.17, 15) is 9.59 Å². The van der Waals surface area contributed by atoms with Crippen LogP contribution in [-0.4, -0.2) is 53.7 Å². The van der Waals surface area contributed by atoms with E-state index in [0.29, 0.717) is 24.9 Å². The lowest BCUT2D eigenvalue weighted by Crippen LogP contribution is -2.61. The maximum absolute atomic E-state index is 12.4. The Morgan fingerprint density at radius 1 is 1.19 bits per heavy atom. The first-order valence-electron chi connectivity index (χ1n) is 13.2. The van der Waals surface area contributed by atoms with Gasteiger partial charge in [0.1, 0.15) is 16.8 Å². The van der Waals surface area contributed by atoms with Gasteiger partial charge in [-0.05, 0) is 73.1 Å². The Bertz CT molecular complexity index is 1160. The second-order valence-electron chi connectivity index (χ2n) is 11.8. The number of esters is 1. The van der Waals surface area contributed by atoms with Crippen LogP contribution in [0.3, 0.4) is 0 Å². The Balaban J connectivity index is 1.49. The third kappa shape index (κ3) is 2.96. The van der Waals surface area contributed by atoms with Crippen molar-refractivity contribution in [2.45, 2.75) is 81.5 Å². The lowest BCUT2D eigenvalue weighted by Gasteiger charge is -2.57. The van der Waals surface area contributed by atoms with Gasteiger partial charge in [0, 0.05) is 31.8 Å². The summed E-state index contributed by atoms with van der Waals surface area (Å²) in [6, 6.07) is 8.16. The van der Waals surface area contributed by atoms with Gasteiger partial charge in [0.25, 0.3) is 0 Å². The van der Waals surface area contributed by atoms with Crippen molar-refractivity contribution in [3.8, 4) is 0 Å². The van der Waals surface area contributed by atoms with Crippen LogP contribution in [0.25, 0.3) is 0 Å². The largest absolute Gasteiger partial charge is 0.456 e. The molecule has 0 radical (unpaired) electrons. The third-order valence-corrected chi connectivity index (χ3v) is 10.4. The van der Waals surface area contributed by atoms with Gasteiger partial charge in [-0.25, -0.2) is 0 Å². The molecule has 4 aliphatic carbocycles. The SMILES string of the molecule is COC[C@]1(OC(C)=O)CC[C@H]2[C@@H]3CCC4=CC(=O)CC[C@]45O[C@]35[C@@H](c3ccc(/C=N/O)cc3)C[C@@]21C. The molecule has 36 heavy (non-hydrogen) atoms. The average molecular weight is 494 g/mol. The zero-order chi connectivity index (χ0) is 25.3. The first kappa shape index (κ1) is 23.9. The van der Waals surface area contributed by atoms with Crippen LogP contribution in [0, 0.1) is 17.3 Å². The number of rotatable bonds is 5. The molecule has 4 fully saturated rings. The van der Waals surface area contributed by atoms with Gasteiger partial charge in [-0.3, -0.25) is 9.59 Å². The summed E-state index contributed by atoms with van der Waals surface area (Å²) in [6.07, 6.45) is 8.97. The molecule has 7 nitrogen and oxygen atoms in total. The molecule has 1 aliphatic heterocycles. The van der Waals surface area contributed by atoms with Crippen molar-refractivity contribution < 1.29 is 29.0 Å². The molecule has 0 aromatic heterocycles. The molecule has 0 amide bonds. The quantitative estimate of drug-likeness (QED) is 0.212. The Morgan fingerprint density at radius 2 is 1.97 bits per heavy atom. The molecule has 5 aliphatic rings. The van der Waals surface area contributed by atoms with Crippen LogP contribution < -0.4 is 0 Å². The minimum atomic E-state index is -0.678. The molecular weight excluding hydrogens is 458 g/mol. The number of ketones is 1. The lowest BCUT2D eigenvalue weighted by atomic mass is 9.46. The van der Waals surface area contributed by atoms with Crippen LogP contribution in [0.15, 0.2) is 41.1 Å². The molecule has 7 heteroatoms. The second-order valence-corrected chi connectivity index (χ2v) is 11.8. The van der Waals surface area contributed by atoms with Gasteiger partial charge in [-0.15, -0.1) is 0 Å². The zero-order valence-electron chi connectivity index (χ0n) is 21.3. The van der Waals surface area contributed by atoms with Crippen LogP contribution in [0.2, 0.25) is 0 Å². The minimum Gasteiger partial charge on any atom is -0.456 e. The number of carbonyl (C=O) groups is 2. The van der Waals surface area contributed by atoms with Gasteiger partial charge >= 0.3 is 5.97 Å². The summed E-state index contributed by atoms with van der Waals surface area (Å²) >= 11 is 0. The van der Waals surface area contributed by atoms with Gasteiger partial charge in [0.05, 0.1) is 12.8 Å². The molecule has 192 valence electrons. The molecule has 1 aromatic carbocycles. The highest BCUT2D eigenvalue weighted by molar-refractivity contribution is 5.92. The summed E-state index contributed by atoms with van der Waals surface area (Å²) < 4.78 is 18.9. The number of benzene rings is 1. The van der Waals surface area contributed by atoms with E-state index in [1.807, 2.05) is 18.2 Å². The van der Waals surface area contributed by atoms with Crippen LogP contribution in [0.4, 0.5) is 0 Å². The predicted octanol–water partition coefficient (Wildman–Crippen LogP) is 4.55. The summed E-state index contributed by atoms with van der Waals surface area (Å²) in [5.41, 5.74) is 1.49. The van der Waals surface area contributed by atoms with Crippen LogP contribution >= 0.6 is 0 Å². The van der Waals surface area contributed by atoms with E-state index in [-0.39, 0.29) is 34.3 Å². The molecule has 2 spiro atoms. The topological polar surface area (TPSA) is 97.7 Å². The molecule has 7 atom stereocenters. The lowest BCUT2D eigenvalue weighted by molar-refractivity contribution is -0.193. The normalized spacial score (nSPS) is 42.7. The van der Waals surface area contributed by atoms with E-state index in [4.69, 9.17) is 19.4 Å². The monoisotopic (exact) mass is 493 g/mol. The average Bonchev–Trinajstić information content (AvgIpc) is 3.45. The Kier molecular flexibility index (Phi) is 5.30. The van der Waals surface area contributed by atoms with Crippen molar-refractivity contribution >= 4 is 18.0 Å². The molecular formula is C29H35NO6. The first-order valence-corrected chi connectivity index (χ1v) is 13.2. The van der Waals surface area contributed by atoms with Gasteiger partial charge in [-0.1, -0.05) is 36.3 Å². The Morgan fingerprint density at radius 3 is 2.67 bits per heavy atom. The van der Waals surface area contributed by atoms with Gasteiger partial charge in [0.15, 0.2) is 5.78 Å². The fourth-order valence-corrected chi connectivity index (χ4v) is 9.03. The second kappa shape index (κ2) is 7.99. The predicted molar refractivity (Wildman–Crippen MR) is 132 cm³/mol. The van der Waals surface area contributed by atoms with E-state index in [0.717, 1.165) is 44.1 Å². The third-order valence-electron chi connectivity index (χ3n) is 10.4. The van der Waals surface area contributed by atoms with E-state index < -0.39 is 5.60 Å². The molecule has 3 saturated carbocycles. The number of epoxide rings is 1. The number of methoxy groups -OCH3 is 1. The Labute approximate surface area is 211 Å². The molecule has 6 rings (SSSR count). The van der Waals surface area contributed by atoms with E-state index >= 15 is 0 Å². The van der Waals surface area contributed by atoms with E-state index in [1.54, 1.807) is 7.11 Å².